The molecule has 0 radical (unpaired) electrons. The molecule has 0 aromatic heterocycles. The summed E-state index contributed by atoms with van der Waals surface area (Å²) in [7, 11) is 0. The van der Waals surface area contributed by atoms with Gasteiger partial charge in [0.05, 0.1) is 0 Å². The highest BCUT2D eigenvalue weighted by Gasteiger charge is 2.17. The van der Waals surface area contributed by atoms with Gasteiger partial charge in [-0.25, -0.2) is 0 Å². The Labute approximate surface area is 114 Å². The zero-order valence-corrected chi connectivity index (χ0v) is 11.4. The lowest BCUT2D eigenvalue weighted by molar-refractivity contribution is -0.121. The van der Waals surface area contributed by atoms with Gasteiger partial charge in [0.1, 0.15) is 0 Å². The van der Waals surface area contributed by atoms with Crippen molar-refractivity contribution in [2.45, 2.75) is 38.5 Å². The van der Waals surface area contributed by atoms with Gasteiger partial charge >= 0.3 is 0 Å². The molecule has 1 aromatic rings. The van der Waals surface area contributed by atoms with E-state index in [1.165, 1.54) is 31.2 Å². The van der Waals surface area contributed by atoms with Crippen LogP contribution in [-0.2, 0) is 11.2 Å². The number of hydrogen-bond donors (Lipinski definition) is 1. The van der Waals surface area contributed by atoms with Gasteiger partial charge in [-0.15, -0.1) is 0 Å². The first-order valence-electron chi connectivity index (χ1n) is 6.75. The van der Waals surface area contributed by atoms with E-state index in [2.05, 4.69) is 5.32 Å². The highest BCUT2D eigenvalue weighted by Crippen LogP contribution is 2.27. The molecule has 1 N–H and O–H groups in total. The second-order valence-electron chi connectivity index (χ2n) is 5.08. The van der Waals surface area contributed by atoms with Crippen LogP contribution in [0.5, 0.6) is 0 Å². The van der Waals surface area contributed by atoms with Gasteiger partial charge in [0, 0.05) is 18.0 Å². The van der Waals surface area contributed by atoms with Gasteiger partial charge in [-0.1, -0.05) is 36.6 Å². The maximum absolute atomic E-state index is 11.7. The van der Waals surface area contributed by atoms with Crippen molar-refractivity contribution in [3.8, 4) is 0 Å². The van der Waals surface area contributed by atoms with Crippen molar-refractivity contribution < 1.29 is 4.79 Å². The standard InChI is InChI=1S/C15H20ClNO/c16-14-7-5-12(6-8-14)9-10-17-15(18)11-13-3-1-2-4-13/h5-8,13H,1-4,9-11H2,(H,17,18). The van der Waals surface area contributed by atoms with Gasteiger partial charge in [-0.05, 0) is 42.9 Å². The molecule has 0 spiro atoms. The Morgan fingerprint density at radius 1 is 1.22 bits per heavy atom. The molecular formula is C15H20ClNO. The normalized spacial score (nSPS) is 15.8. The zero-order chi connectivity index (χ0) is 12.8. The fraction of sp³-hybridized carbons (Fsp3) is 0.533. The number of carbonyl (C=O) groups is 1. The molecule has 3 heteroatoms. The summed E-state index contributed by atoms with van der Waals surface area (Å²) in [5.41, 5.74) is 1.21. The summed E-state index contributed by atoms with van der Waals surface area (Å²) < 4.78 is 0. The van der Waals surface area contributed by atoms with E-state index < -0.39 is 0 Å². The smallest absolute Gasteiger partial charge is 0.220 e. The minimum Gasteiger partial charge on any atom is -0.356 e. The Morgan fingerprint density at radius 2 is 1.89 bits per heavy atom. The summed E-state index contributed by atoms with van der Waals surface area (Å²) in [6.07, 6.45) is 6.62. The minimum atomic E-state index is 0.205. The van der Waals surface area contributed by atoms with E-state index in [1.54, 1.807) is 0 Å². The summed E-state index contributed by atoms with van der Waals surface area (Å²) in [6.45, 7) is 0.715. The lowest BCUT2D eigenvalue weighted by Gasteiger charge is -2.09. The SMILES string of the molecule is O=C(CC1CCCC1)NCCc1ccc(Cl)cc1. The highest BCUT2D eigenvalue weighted by molar-refractivity contribution is 6.30. The maximum atomic E-state index is 11.7. The summed E-state index contributed by atoms with van der Waals surface area (Å²) in [5, 5.41) is 3.75. The van der Waals surface area contributed by atoms with E-state index in [-0.39, 0.29) is 5.91 Å². The number of amides is 1. The molecule has 1 aliphatic rings. The summed E-state index contributed by atoms with van der Waals surface area (Å²) in [5.74, 6) is 0.830. The van der Waals surface area contributed by atoms with Crippen molar-refractivity contribution in [3.05, 3.63) is 34.9 Å². The first-order chi connectivity index (χ1) is 8.74. The number of rotatable bonds is 5. The van der Waals surface area contributed by atoms with Crippen molar-refractivity contribution in [3.63, 3.8) is 0 Å². The Hall–Kier alpha value is -1.02. The molecule has 0 saturated heterocycles. The Balaban J connectivity index is 1.65. The van der Waals surface area contributed by atoms with Crippen molar-refractivity contribution in [1.29, 1.82) is 0 Å². The van der Waals surface area contributed by atoms with Gasteiger partial charge in [0.2, 0.25) is 5.91 Å². The van der Waals surface area contributed by atoms with Crippen LogP contribution in [0.4, 0.5) is 0 Å². The number of hydrogen-bond acceptors (Lipinski definition) is 1. The Kier molecular flexibility index (Phi) is 5.06. The van der Waals surface area contributed by atoms with Gasteiger partial charge in [0.25, 0.3) is 0 Å². The fourth-order valence-electron chi connectivity index (χ4n) is 2.55. The molecule has 0 heterocycles. The maximum Gasteiger partial charge on any atom is 0.220 e. The van der Waals surface area contributed by atoms with Crippen molar-refractivity contribution in [2.75, 3.05) is 6.54 Å². The molecule has 1 aromatic carbocycles. The van der Waals surface area contributed by atoms with Gasteiger partial charge in [0.15, 0.2) is 0 Å². The Morgan fingerprint density at radius 3 is 2.56 bits per heavy atom. The molecule has 18 heavy (non-hydrogen) atoms. The van der Waals surface area contributed by atoms with Gasteiger partial charge in [-0.3, -0.25) is 4.79 Å². The second-order valence-corrected chi connectivity index (χ2v) is 5.52. The quantitative estimate of drug-likeness (QED) is 0.866. The van der Waals surface area contributed by atoms with E-state index >= 15 is 0 Å². The molecule has 2 rings (SSSR count). The van der Waals surface area contributed by atoms with Crippen molar-refractivity contribution in [2.24, 2.45) is 5.92 Å². The number of halogens is 1. The molecule has 1 saturated carbocycles. The third-order valence-corrected chi connectivity index (χ3v) is 3.85. The summed E-state index contributed by atoms with van der Waals surface area (Å²) in [4.78, 5) is 11.7. The molecule has 0 bridgehead atoms. The van der Waals surface area contributed by atoms with Crippen LogP contribution >= 0.6 is 11.6 Å². The van der Waals surface area contributed by atoms with Crippen LogP contribution in [-0.4, -0.2) is 12.5 Å². The topological polar surface area (TPSA) is 29.1 Å². The summed E-state index contributed by atoms with van der Waals surface area (Å²) >= 11 is 5.82. The number of carbonyl (C=O) groups excluding carboxylic acids is 1. The summed E-state index contributed by atoms with van der Waals surface area (Å²) in [6, 6.07) is 7.78. The van der Waals surface area contributed by atoms with Crippen LogP contribution in [0.2, 0.25) is 5.02 Å². The Bertz CT molecular complexity index is 382. The zero-order valence-electron chi connectivity index (χ0n) is 10.6. The predicted molar refractivity (Wildman–Crippen MR) is 74.7 cm³/mol. The predicted octanol–water partition coefficient (Wildman–Crippen LogP) is 3.58. The number of benzene rings is 1. The minimum absolute atomic E-state index is 0.205. The van der Waals surface area contributed by atoms with Crippen LogP contribution in [0.3, 0.4) is 0 Å². The molecule has 1 fully saturated rings. The lowest BCUT2D eigenvalue weighted by atomic mass is 10.0. The first-order valence-corrected chi connectivity index (χ1v) is 7.13. The van der Waals surface area contributed by atoms with Crippen LogP contribution in [0.25, 0.3) is 0 Å². The van der Waals surface area contributed by atoms with Crippen LogP contribution in [0.15, 0.2) is 24.3 Å². The average Bonchev–Trinajstić information content (AvgIpc) is 2.84. The van der Waals surface area contributed by atoms with E-state index in [4.69, 9.17) is 11.6 Å². The molecule has 0 unspecified atom stereocenters. The fourth-order valence-corrected chi connectivity index (χ4v) is 2.67. The van der Waals surface area contributed by atoms with Crippen LogP contribution < -0.4 is 5.32 Å². The highest BCUT2D eigenvalue weighted by atomic mass is 35.5. The van der Waals surface area contributed by atoms with Gasteiger partial charge in [-0.2, -0.15) is 0 Å². The molecule has 1 aliphatic carbocycles. The van der Waals surface area contributed by atoms with Crippen molar-refractivity contribution >= 4 is 17.5 Å². The molecule has 2 nitrogen and oxygen atoms in total. The third-order valence-electron chi connectivity index (χ3n) is 3.60. The largest absolute Gasteiger partial charge is 0.356 e. The van der Waals surface area contributed by atoms with Gasteiger partial charge < -0.3 is 5.32 Å². The molecule has 98 valence electrons. The second kappa shape index (κ2) is 6.79. The molecule has 0 atom stereocenters. The monoisotopic (exact) mass is 265 g/mol. The van der Waals surface area contributed by atoms with E-state index in [1.807, 2.05) is 24.3 Å². The van der Waals surface area contributed by atoms with E-state index in [0.29, 0.717) is 18.9 Å². The lowest BCUT2D eigenvalue weighted by Crippen LogP contribution is -2.27. The molecule has 1 amide bonds. The third kappa shape index (κ3) is 4.34. The molecular weight excluding hydrogens is 246 g/mol. The van der Waals surface area contributed by atoms with Crippen LogP contribution in [0, 0.1) is 5.92 Å². The molecule has 0 aliphatic heterocycles. The average molecular weight is 266 g/mol. The number of nitrogens with one attached hydrogen (secondary N) is 1. The first kappa shape index (κ1) is 13.4. The van der Waals surface area contributed by atoms with E-state index in [9.17, 15) is 4.79 Å². The van der Waals surface area contributed by atoms with E-state index in [0.717, 1.165) is 11.4 Å². The van der Waals surface area contributed by atoms with Crippen LogP contribution in [0.1, 0.15) is 37.7 Å². The van der Waals surface area contributed by atoms with Crippen molar-refractivity contribution in [1.82, 2.24) is 5.32 Å².